The third-order valence-corrected chi connectivity index (χ3v) is 6.05. The Balaban J connectivity index is 2.19. The molecule has 0 saturated heterocycles. The van der Waals surface area contributed by atoms with Crippen LogP contribution in [0.15, 0.2) is 18.2 Å². The highest BCUT2D eigenvalue weighted by molar-refractivity contribution is 5.67. The van der Waals surface area contributed by atoms with E-state index >= 15 is 0 Å². The van der Waals surface area contributed by atoms with Crippen LogP contribution in [0.5, 0.6) is 5.75 Å². The molecular weight excluding hydrogens is 384 g/mol. The maximum absolute atomic E-state index is 10.7. The number of aliphatic hydroxyl groups is 3. The zero-order valence-electron chi connectivity index (χ0n) is 18.4. The second kappa shape index (κ2) is 10.9. The monoisotopic (exact) mass is 420 g/mol. The van der Waals surface area contributed by atoms with Gasteiger partial charge in [0, 0.05) is 11.5 Å². The summed E-state index contributed by atoms with van der Waals surface area (Å²) in [5, 5.41) is 39.3. The zero-order chi connectivity index (χ0) is 22.4. The molecular formula is C24H36O6. The molecule has 0 radical (unpaired) electrons. The van der Waals surface area contributed by atoms with Crippen molar-refractivity contribution in [2.75, 3.05) is 0 Å². The number of aliphatic hydroxyl groups excluding tert-OH is 3. The SMILES string of the molecule is CC[C@H](C)C(O)Oc1cc(C)cc2c1[C@@H](CCC(O)C[C@@H](O)CC(=O)O)[C@@H](C)C=C2. The zero-order valence-corrected chi connectivity index (χ0v) is 18.4. The molecule has 30 heavy (non-hydrogen) atoms. The van der Waals surface area contributed by atoms with Crippen LogP contribution in [-0.4, -0.2) is 44.9 Å². The molecule has 1 aliphatic carbocycles. The molecule has 0 heterocycles. The van der Waals surface area contributed by atoms with Crippen LogP contribution in [0, 0.1) is 18.8 Å². The van der Waals surface area contributed by atoms with Crippen molar-refractivity contribution in [1.29, 1.82) is 0 Å². The summed E-state index contributed by atoms with van der Waals surface area (Å²) in [5.41, 5.74) is 3.15. The number of allylic oxidation sites excluding steroid dienone is 1. The summed E-state index contributed by atoms with van der Waals surface area (Å²) >= 11 is 0. The predicted octanol–water partition coefficient (Wildman–Crippen LogP) is 3.85. The van der Waals surface area contributed by atoms with Crippen molar-refractivity contribution in [3.05, 3.63) is 34.9 Å². The molecule has 0 aromatic heterocycles. The Kier molecular flexibility index (Phi) is 8.89. The number of ether oxygens (including phenoxy) is 1. The summed E-state index contributed by atoms with van der Waals surface area (Å²) in [6.45, 7) is 8.07. The van der Waals surface area contributed by atoms with Gasteiger partial charge >= 0.3 is 5.97 Å². The molecule has 0 saturated carbocycles. The molecule has 0 fully saturated rings. The number of rotatable bonds is 11. The van der Waals surface area contributed by atoms with Gasteiger partial charge in [-0.1, -0.05) is 39.0 Å². The van der Waals surface area contributed by atoms with Gasteiger partial charge in [0.2, 0.25) is 0 Å². The summed E-state index contributed by atoms with van der Waals surface area (Å²) in [6, 6.07) is 4.05. The van der Waals surface area contributed by atoms with Gasteiger partial charge in [0.25, 0.3) is 0 Å². The molecule has 1 aromatic rings. The van der Waals surface area contributed by atoms with E-state index in [9.17, 15) is 20.1 Å². The van der Waals surface area contributed by atoms with E-state index in [-0.39, 0.29) is 30.6 Å². The van der Waals surface area contributed by atoms with Gasteiger partial charge in [-0.3, -0.25) is 4.79 Å². The van der Waals surface area contributed by atoms with Crippen molar-refractivity contribution in [1.82, 2.24) is 0 Å². The highest BCUT2D eigenvalue weighted by Gasteiger charge is 2.29. The summed E-state index contributed by atoms with van der Waals surface area (Å²) in [5.74, 6) is -0.0738. The molecule has 168 valence electrons. The predicted molar refractivity (Wildman–Crippen MR) is 116 cm³/mol. The van der Waals surface area contributed by atoms with Crippen LogP contribution in [0.2, 0.25) is 0 Å². The minimum Gasteiger partial charge on any atom is -0.481 e. The number of aryl methyl sites for hydroxylation is 1. The third-order valence-electron chi connectivity index (χ3n) is 6.05. The number of hydrogen-bond donors (Lipinski definition) is 4. The molecule has 0 bridgehead atoms. The molecule has 0 aliphatic heterocycles. The topological polar surface area (TPSA) is 107 Å². The van der Waals surface area contributed by atoms with Crippen LogP contribution in [0.1, 0.15) is 75.5 Å². The molecule has 1 aliphatic rings. The Morgan fingerprint density at radius 1 is 1.20 bits per heavy atom. The van der Waals surface area contributed by atoms with E-state index in [1.54, 1.807) is 0 Å². The van der Waals surface area contributed by atoms with Crippen LogP contribution in [-0.2, 0) is 4.79 Å². The molecule has 6 nitrogen and oxygen atoms in total. The summed E-state index contributed by atoms with van der Waals surface area (Å²) in [6.07, 6.45) is 3.10. The van der Waals surface area contributed by atoms with Gasteiger partial charge in [-0.25, -0.2) is 0 Å². The van der Waals surface area contributed by atoms with Crippen molar-refractivity contribution >= 4 is 12.0 Å². The second-order valence-electron chi connectivity index (χ2n) is 8.70. The number of carboxylic acids is 1. The van der Waals surface area contributed by atoms with E-state index in [1.807, 2.05) is 26.8 Å². The van der Waals surface area contributed by atoms with Gasteiger partial charge in [-0.05, 0) is 61.6 Å². The Labute approximate surface area is 179 Å². The van der Waals surface area contributed by atoms with E-state index in [0.29, 0.717) is 18.6 Å². The summed E-state index contributed by atoms with van der Waals surface area (Å²) in [7, 11) is 0. The first-order valence-corrected chi connectivity index (χ1v) is 10.9. The molecule has 0 spiro atoms. The van der Waals surface area contributed by atoms with Gasteiger partial charge < -0.3 is 25.2 Å². The van der Waals surface area contributed by atoms with Crippen LogP contribution < -0.4 is 4.74 Å². The van der Waals surface area contributed by atoms with E-state index in [2.05, 4.69) is 25.1 Å². The van der Waals surface area contributed by atoms with Gasteiger partial charge in [0.05, 0.1) is 18.6 Å². The fourth-order valence-corrected chi connectivity index (χ4v) is 4.02. The van der Waals surface area contributed by atoms with Crippen molar-refractivity contribution in [3.63, 3.8) is 0 Å². The van der Waals surface area contributed by atoms with Gasteiger partial charge in [-0.2, -0.15) is 0 Å². The minimum atomic E-state index is -1.08. The summed E-state index contributed by atoms with van der Waals surface area (Å²) in [4.78, 5) is 10.7. The van der Waals surface area contributed by atoms with Crippen LogP contribution in [0.25, 0.3) is 6.08 Å². The van der Waals surface area contributed by atoms with Crippen molar-refractivity contribution in [2.45, 2.75) is 84.2 Å². The van der Waals surface area contributed by atoms with E-state index < -0.39 is 24.5 Å². The fraction of sp³-hybridized carbons (Fsp3) is 0.625. The highest BCUT2D eigenvalue weighted by atomic mass is 16.6. The third kappa shape index (κ3) is 6.56. The largest absolute Gasteiger partial charge is 0.481 e. The molecule has 0 amide bonds. The molecule has 2 rings (SSSR count). The standard InChI is InChI=1S/C24H36O6/c1-5-15(3)24(29)30-21-11-14(2)10-17-7-6-16(4)20(23(17)21)9-8-18(25)12-19(26)13-22(27)28/h6-7,10-11,15-16,18-20,24-26,29H,5,8-9,12-13H2,1-4H3,(H,27,28)/t15-,16-,18?,19+,20-,24?/m0/s1. The molecule has 4 N–H and O–H groups in total. The van der Waals surface area contributed by atoms with Gasteiger partial charge in [-0.15, -0.1) is 0 Å². The van der Waals surface area contributed by atoms with Gasteiger partial charge in [0.15, 0.2) is 6.29 Å². The Bertz CT molecular complexity index is 743. The Morgan fingerprint density at radius 3 is 2.53 bits per heavy atom. The first-order chi connectivity index (χ1) is 14.1. The minimum absolute atomic E-state index is 0.00807. The Hall–Kier alpha value is -1.89. The molecule has 2 unspecified atom stereocenters. The molecule has 6 heteroatoms. The maximum Gasteiger partial charge on any atom is 0.305 e. The lowest BCUT2D eigenvalue weighted by Gasteiger charge is -2.32. The van der Waals surface area contributed by atoms with Gasteiger partial charge in [0.1, 0.15) is 5.75 Å². The smallest absolute Gasteiger partial charge is 0.305 e. The molecule has 6 atom stereocenters. The van der Waals surface area contributed by atoms with Crippen LogP contribution >= 0.6 is 0 Å². The van der Waals surface area contributed by atoms with E-state index in [1.165, 1.54) is 0 Å². The Morgan fingerprint density at radius 2 is 1.90 bits per heavy atom. The first kappa shape index (κ1) is 24.4. The number of fused-ring (bicyclic) bond motifs is 1. The number of carboxylic acid groups (broad SMARTS) is 1. The lowest BCUT2D eigenvalue weighted by atomic mass is 9.76. The van der Waals surface area contributed by atoms with Crippen molar-refractivity contribution in [3.8, 4) is 5.75 Å². The lowest BCUT2D eigenvalue weighted by molar-refractivity contribution is -0.139. The normalized spacial score (nSPS) is 22.1. The van der Waals surface area contributed by atoms with Crippen molar-refractivity contribution < 1.29 is 30.0 Å². The first-order valence-electron chi connectivity index (χ1n) is 10.9. The highest BCUT2D eigenvalue weighted by Crippen LogP contribution is 2.43. The van der Waals surface area contributed by atoms with Crippen LogP contribution in [0.3, 0.4) is 0 Å². The number of carbonyl (C=O) groups is 1. The van der Waals surface area contributed by atoms with Crippen LogP contribution in [0.4, 0.5) is 0 Å². The fourth-order valence-electron chi connectivity index (χ4n) is 4.02. The van der Waals surface area contributed by atoms with E-state index in [0.717, 1.165) is 23.1 Å². The number of hydrogen-bond acceptors (Lipinski definition) is 5. The number of aliphatic carboxylic acids is 1. The lowest BCUT2D eigenvalue weighted by Crippen LogP contribution is -2.26. The van der Waals surface area contributed by atoms with Crippen molar-refractivity contribution in [2.24, 2.45) is 11.8 Å². The number of benzene rings is 1. The summed E-state index contributed by atoms with van der Waals surface area (Å²) < 4.78 is 5.99. The van der Waals surface area contributed by atoms with E-state index in [4.69, 9.17) is 9.84 Å². The molecule has 1 aromatic carbocycles. The quantitative estimate of drug-likeness (QED) is 0.405. The average Bonchev–Trinajstić information content (AvgIpc) is 2.65. The average molecular weight is 421 g/mol. The maximum atomic E-state index is 10.7. The second-order valence-corrected chi connectivity index (χ2v) is 8.70.